The molecule has 4 heteroatoms. The lowest BCUT2D eigenvalue weighted by Crippen LogP contribution is -2.46. The monoisotopic (exact) mass is 340 g/mol. The Hall–Kier alpha value is -0.840. The van der Waals surface area contributed by atoms with Gasteiger partial charge in [0, 0.05) is 5.92 Å². The molecule has 1 aliphatic heterocycles. The summed E-state index contributed by atoms with van der Waals surface area (Å²) in [4.78, 5) is 0. The van der Waals surface area contributed by atoms with Crippen molar-refractivity contribution in [3.05, 3.63) is 24.5 Å². The minimum atomic E-state index is -0.403. The van der Waals surface area contributed by atoms with Crippen molar-refractivity contribution in [3.8, 4) is 0 Å². The average Bonchev–Trinajstić information content (AvgIpc) is 2.39. The zero-order chi connectivity index (χ0) is 18.5. The summed E-state index contributed by atoms with van der Waals surface area (Å²) in [6.07, 6.45) is 5.59. The number of hydrogen-bond acceptors (Lipinski definition) is 4. The number of aliphatic hydroxyl groups is 1. The van der Waals surface area contributed by atoms with Gasteiger partial charge in [0.1, 0.15) is 11.4 Å². The van der Waals surface area contributed by atoms with Crippen molar-refractivity contribution in [1.29, 1.82) is 0 Å². The normalized spacial score (nSPS) is 29.0. The summed E-state index contributed by atoms with van der Waals surface area (Å²) in [5, 5.41) is 9.86. The Bertz CT molecular complexity index is 433. The van der Waals surface area contributed by atoms with Gasteiger partial charge >= 0.3 is 0 Å². The topological polar surface area (TPSA) is 47.9 Å². The van der Waals surface area contributed by atoms with Crippen LogP contribution in [-0.2, 0) is 14.2 Å². The molecule has 0 aromatic heterocycles. The first-order valence-electron chi connectivity index (χ1n) is 8.95. The van der Waals surface area contributed by atoms with Crippen molar-refractivity contribution < 1.29 is 19.3 Å². The van der Waals surface area contributed by atoms with E-state index < -0.39 is 6.10 Å². The number of hydrogen-bond donors (Lipinski definition) is 1. The summed E-state index contributed by atoms with van der Waals surface area (Å²) in [6.45, 7) is 18.0. The van der Waals surface area contributed by atoms with E-state index in [0.29, 0.717) is 12.2 Å². The van der Waals surface area contributed by atoms with Crippen LogP contribution in [0.5, 0.6) is 0 Å². The summed E-state index contributed by atoms with van der Waals surface area (Å²) in [5.41, 5.74) is -0.517. The van der Waals surface area contributed by atoms with Gasteiger partial charge in [0.15, 0.2) is 6.29 Å². The van der Waals surface area contributed by atoms with Crippen LogP contribution in [0.3, 0.4) is 0 Å². The first-order chi connectivity index (χ1) is 10.9. The number of allylic oxidation sites excluding steroid dienone is 2. The van der Waals surface area contributed by atoms with E-state index in [2.05, 4.69) is 33.4 Å². The quantitative estimate of drug-likeness (QED) is 0.544. The van der Waals surface area contributed by atoms with Crippen LogP contribution in [0.4, 0.5) is 0 Å². The number of rotatable bonds is 7. The van der Waals surface area contributed by atoms with Crippen molar-refractivity contribution in [2.75, 3.05) is 0 Å². The van der Waals surface area contributed by atoms with Crippen LogP contribution in [0.25, 0.3) is 0 Å². The third kappa shape index (κ3) is 7.82. The summed E-state index contributed by atoms with van der Waals surface area (Å²) in [7, 11) is 0. The summed E-state index contributed by atoms with van der Waals surface area (Å²) < 4.78 is 17.7. The molecule has 0 aliphatic carbocycles. The van der Waals surface area contributed by atoms with Gasteiger partial charge in [-0.05, 0) is 66.9 Å². The van der Waals surface area contributed by atoms with Crippen LogP contribution in [0.2, 0.25) is 0 Å². The molecule has 1 N–H and O–H groups in total. The molecule has 0 bridgehead atoms. The van der Waals surface area contributed by atoms with Gasteiger partial charge in [-0.3, -0.25) is 0 Å². The summed E-state index contributed by atoms with van der Waals surface area (Å²) in [5.74, 6) is 0.860. The predicted octanol–water partition coefficient (Wildman–Crippen LogP) is 4.58. The Kier molecular flexibility index (Phi) is 7.51. The van der Waals surface area contributed by atoms with Crippen LogP contribution in [0.1, 0.15) is 67.7 Å². The molecule has 4 atom stereocenters. The smallest absolute Gasteiger partial charge is 0.161 e. The molecule has 1 aliphatic rings. The van der Waals surface area contributed by atoms with E-state index in [9.17, 15) is 5.11 Å². The Morgan fingerprint density at radius 3 is 2.46 bits per heavy atom. The average molecular weight is 341 g/mol. The van der Waals surface area contributed by atoms with E-state index in [1.165, 1.54) is 0 Å². The highest BCUT2D eigenvalue weighted by molar-refractivity contribution is 5.08. The van der Waals surface area contributed by atoms with E-state index in [1.807, 2.05) is 33.8 Å². The highest BCUT2D eigenvalue weighted by Gasteiger charge is 2.36. The van der Waals surface area contributed by atoms with Gasteiger partial charge in [-0.15, -0.1) is 0 Å². The van der Waals surface area contributed by atoms with Gasteiger partial charge in [-0.25, -0.2) is 0 Å². The maximum atomic E-state index is 9.86. The van der Waals surface area contributed by atoms with Crippen molar-refractivity contribution in [1.82, 2.24) is 0 Å². The molecule has 1 fully saturated rings. The molecule has 0 radical (unpaired) electrons. The molecule has 0 spiro atoms. The van der Waals surface area contributed by atoms with Gasteiger partial charge in [0.05, 0.1) is 17.8 Å². The third-order valence-electron chi connectivity index (χ3n) is 4.06. The van der Waals surface area contributed by atoms with Crippen LogP contribution in [-0.4, -0.2) is 34.8 Å². The molecule has 1 heterocycles. The molecular formula is C20H36O4. The maximum Gasteiger partial charge on any atom is 0.161 e. The second-order valence-corrected chi connectivity index (χ2v) is 8.49. The maximum absolute atomic E-state index is 9.86. The minimum Gasteiger partial charge on any atom is -0.489 e. The molecule has 1 saturated heterocycles. The van der Waals surface area contributed by atoms with Crippen molar-refractivity contribution in [2.45, 2.75) is 97.4 Å². The third-order valence-corrected chi connectivity index (χ3v) is 4.06. The fourth-order valence-corrected chi connectivity index (χ4v) is 2.71. The fraction of sp³-hybridized carbons (Fsp3) is 0.800. The van der Waals surface area contributed by atoms with Crippen LogP contribution in [0.15, 0.2) is 24.5 Å². The first kappa shape index (κ1) is 21.2. The lowest BCUT2D eigenvalue weighted by atomic mass is 9.95. The molecule has 0 unspecified atom stereocenters. The largest absolute Gasteiger partial charge is 0.489 e. The summed E-state index contributed by atoms with van der Waals surface area (Å²) in [6, 6.07) is 0. The predicted molar refractivity (Wildman–Crippen MR) is 97.6 cm³/mol. The SMILES string of the molecule is C=C(/C=C/CCC(C)(C)O[C@@H]1O[C@@H](C)[C@H](O)C[C@H]1C)OC(C)(C)C. The molecule has 4 nitrogen and oxygen atoms in total. The number of aliphatic hydroxyl groups excluding tert-OH is 1. The van der Waals surface area contributed by atoms with E-state index in [-0.39, 0.29) is 29.5 Å². The Balaban J connectivity index is 2.42. The van der Waals surface area contributed by atoms with E-state index in [1.54, 1.807) is 0 Å². The first-order valence-corrected chi connectivity index (χ1v) is 8.95. The highest BCUT2D eigenvalue weighted by Crippen LogP contribution is 2.30. The van der Waals surface area contributed by atoms with E-state index >= 15 is 0 Å². The Morgan fingerprint density at radius 1 is 1.25 bits per heavy atom. The van der Waals surface area contributed by atoms with Crippen molar-refractivity contribution in [3.63, 3.8) is 0 Å². The molecule has 1 rings (SSSR count). The van der Waals surface area contributed by atoms with Crippen LogP contribution < -0.4 is 0 Å². The number of ether oxygens (including phenoxy) is 3. The van der Waals surface area contributed by atoms with Gasteiger partial charge < -0.3 is 19.3 Å². The summed E-state index contributed by atoms with van der Waals surface area (Å²) >= 11 is 0. The van der Waals surface area contributed by atoms with Crippen molar-refractivity contribution >= 4 is 0 Å². The van der Waals surface area contributed by atoms with Gasteiger partial charge in [-0.2, -0.15) is 0 Å². The fourth-order valence-electron chi connectivity index (χ4n) is 2.71. The molecule has 0 aromatic carbocycles. The van der Waals surface area contributed by atoms with Gasteiger partial charge in [-0.1, -0.05) is 19.6 Å². The van der Waals surface area contributed by atoms with Crippen molar-refractivity contribution in [2.24, 2.45) is 5.92 Å². The second kappa shape index (κ2) is 8.50. The van der Waals surface area contributed by atoms with Crippen LogP contribution in [0, 0.1) is 5.92 Å². The van der Waals surface area contributed by atoms with Gasteiger partial charge in [0.25, 0.3) is 0 Å². The highest BCUT2D eigenvalue weighted by atomic mass is 16.7. The lowest BCUT2D eigenvalue weighted by Gasteiger charge is -2.40. The Labute approximate surface area is 147 Å². The molecule has 0 aromatic rings. The second-order valence-electron chi connectivity index (χ2n) is 8.49. The Morgan fingerprint density at radius 2 is 1.88 bits per heavy atom. The minimum absolute atomic E-state index is 0.181. The standard InChI is InChI=1S/C20H36O4/c1-14-13-17(21)16(3)22-18(14)24-20(7,8)12-10-9-11-15(2)23-19(4,5)6/h9,11,14,16-18,21H,2,10,12-13H2,1,3-8H3/b11-9+/t14-,16+,17-,18+/m1/s1. The van der Waals surface area contributed by atoms with Gasteiger partial charge in [0.2, 0.25) is 0 Å². The zero-order valence-corrected chi connectivity index (χ0v) is 16.5. The zero-order valence-electron chi connectivity index (χ0n) is 16.5. The molecule has 24 heavy (non-hydrogen) atoms. The van der Waals surface area contributed by atoms with E-state index in [0.717, 1.165) is 12.8 Å². The molecule has 140 valence electrons. The van der Waals surface area contributed by atoms with Crippen LogP contribution >= 0.6 is 0 Å². The molecule has 0 amide bonds. The molecular weight excluding hydrogens is 304 g/mol. The van der Waals surface area contributed by atoms with E-state index in [4.69, 9.17) is 14.2 Å². The molecule has 0 saturated carbocycles. The lowest BCUT2D eigenvalue weighted by molar-refractivity contribution is -0.275.